The van der Waals surface area contributed by atoms with E-state index in [9.17, 15) is 0 Å². The molecule has 3 heteroatoms. The Bertz CT molecular complexity index is 732. The lowest BCUT2D eigenvalue weighted by Crippen LogP contribution is -2.12. The zero-order valence-corrected chi connectivity index (χ0v) is 13.2. The monoisotopic (exact) mass is 294 g/mol. The van der Waals surface area contributed by atoms with Gasteiger partial charge in [-0.1, -0.05) is 44.2 Å². The second-order valence-corrected chi connectivity index (χ2v) is 5.93. The Morgan fingerprint density at radius 1 is 1.00 bits per heavy atom. The van der Waals surface area contributed by atoms with Crippen LogP contribution in [0, 0.1) is 5.92 Å². The Morgan fingerprint density at radius 3 is 2.50 bits per heavy atom. The summed E-state index contributed by atoms with van der Waals surface area (Å²) in [6.07, 6.45) is 0.986. The number of benzene rings is 2. The van der Waals surface area contributed by atoms with E-state index < -0.39 is 0 Å². The van der Waals surface area contributed by atoms with Crippen molar-refractivity contribution in [1.29, 1.82) is 0 Å². The fourth-order valence-electron chi connectivity index (χ4n) is 2.67. The standard InChI is InChI=1S/C19H22N2O/c1-15(2)14-19-20-17-10-6-7-11-18(17)21(19)12-13-22-16-8-4-3-5-9-16/h3-11,15H,12-14H2,1-2H3. The molecule has 0 radical (unpaired) electrons. The van der Waals surface area contributed by atoms with Gasteiger partial charge in [-0.15, -0.1) is 0 Å². The number of nitrogens with zero attached hydrogens (tertiary/aromatic N) is 2. The number of hydrogen-bond acceptors (Lipinski definition) is 2. The van der Waals surface area contributed by atoms with Crippen LogP contribution < -0.4 is 4.74 Å². The number of imidazole rings is 1. The molecule has 0 aliphatic heterocycles. The van der Waals surface area contributed by atoms with Crippen molar-refractivity contribution in [2.24, 2.45) is 5.92 Å². The van der Waals surface area contributed by atoms with Crippen LogP contribution in [0.25, 0.3) is 11.0 Å². The van der Waals surface area contributed by atoms with E-state index >= 15 is 0 Å². The Labute approximate surface area is 131 Å². The van der Waals surface area contributed by atoms with E-state index in [1.165, 1.54) is 5.52 Å². The maximum Gasteiger partial charge on any atom is 0.119 e. The molecule has 0 amide bonds. The maximum absolute atomic E-state index is 5.84. The Kier molecular flexibility index (Phi) is 4.42. The normalized spacial score (nSPS) is 11.2. The second kappa shape index (κ2) is 6.65. The summed E-state index contributed by atoms with van der Waals surface area (Å²) in [5.74, 6) is 2.65. The number of aromatic nitrogens is 2. The van der Waals surface area contributed by atoms with Gasteiger partial charge >= 0.3 is 0 Å². The quantitative estimate of drug-likeness (QED) is 0.677. The minimum Gasteiger partial charge on any atom is -0.492 e. The summed E-state index contributed by atoms with van der Waals surface area (Å²) in [4.78, 5) is 4.79. The average Bonchev–Trinajstić information content (AvgIpc) is 2.85. The van der Waals surface area contributed by atoms with Crippen LogP contribution in [0.1, 0.15) is 19.7 Å². The number of hydrogen-bond donors (Lipinski definition) is 0. The maximum atomic E-state index is 5.84. The van der Waals surface area contributed by atoms with Crippen LogP contribution in [0.5, 0.6) is 5.75 Å². The van der Waals surface area contributed by atoms with Gasteiger partial charge in [-0.25, -0.2) is 4.98 Å². The SMILES string of the molecule is CC(C)Cc1nc2ccccc2n1CCOc1ccccc1. The van der Waals surface area contributed by atoms with Gasteiger partial charge in [-0.3, -0.25) is 0 Å². The van der Waals surface area contributed by atoms with Gasteiger partial charge in [-0.2, -0.15) is 0 Å². The van der Waals surface area contributed by atoms with Gasteiger partial charge in [0, 0.05) is 6.42 Å². The predicted molar refractivity (Wildman–Crippen MR) is 90.2 cm³/mol. The molecule has 2 aromatic carbocycles. The molecular formula is C19H22N2O. The second-order valence-electron chi connectivity index (χ2n) is 5.93. The van der Waals surface area contributed by atoms with Crippen molar-refractivity contribution in [2.45, 2.75) is 26.8 Å². The summed E-state index contributed by atoms with van der Waals surface area (Å²) >= 11 is 0. The summed E-state index contributed by atoms with van der Waals surface area (Å²) in [6.45, 7) is 5.92. The predicted octanol–water partition coefficient (Wildman–Crippen LogP) is 4.31. The molecule has 1 aromatic heterocycles. The molecule has 0 bridgehead atoms. The first-order chi connectivity index (χ1) is 10.7. The molecule has 0 aliphatic rings. The van der Waals surface area contributed by atoms with Crippen LogP contribution >= 0.6 is 0 Å². The average molecular weight is 294 g/mol. The smallest absolute Gasteiger partial charge is 0.119 e. The Hall–Kier alpha value is -2.29. The molecular weight excluding hydrogens is 272 g/mol. The van der Waals surface area contributed by atoms with Gasteiger partial charge in [0.15, 0.2) is 0 Å². The molecule has 3 aromatic rings. The van der Waals surface area contributed by atoms with E-state index in [1.54, 1.807) is 0 Å². The molecule has 0 spiro atoms. The zero-order chi connectivity index (χ0) is 15.4. The highest BCUT2D eigenvalue weighted by Crippen LogP contribution is 2.18. The van der Waals surface area contributed by atoms with E-state index in [1.807, 2.05) is 36.4 Å². The largest absolute Gasteiger partial charge is 0.492 e. The van der Waals surface area contributed by atoms with Crippen molar-refractivity contribution in [2.75, 3.05) is 6.61 Å². The first-order valence-electron chi connectivity index (χ1n) is 7.86. The summed E-state index contributed by atoms with van der Waals surface area (Å²) in [6, 6.07) is 18.3. The fourth-order valence-corrected chi connectivity index (χ4v) is 2.67. The summed E-state index contributed by atoms with van der Waals surface area (Å²) < 4.78 is 8.13. The third-order valence-corrected chi connectivity index (χ3v) is 3.65. The first kappa shape index (κ1) is 14.6. The van der Waals surface area contributed by atoms with E-state index in [0.717, 1.165) is 30.1 Å². The lowest BCUT2D eigenvalue weighted by molar-refractivity contribution is 0.297. The third-order valence-electron chi connectivity index (χ3n) is 3.65. The summed E-state index contributed by atoms with van der Waals surface area (Å²) in [7, 11) is 0. The molecule has 0 atom stereocenters. The topological polar surface area (TPSA) is 27.1 Å². The van der Waals surface area contributed by atoms with Gasteiger partial charge in [0.25, 0.3) is 0 Å². The first-order valence-corrected chi connectivity index (χ1v) is 7.86. The molecule has 0 saturated heterocycles. The molecule has 0 unspecified atom stereocenters. The Balaban J connectivity index is 1.79. The zero-order valence-electron chi connectivity index (χ0n) is 13.2. The molecule has 3 rings (SSSR count). The molecule has 22 heavy (non-hydrogen) atoms. The molecule has 0 aliphatic carbocycles. The highest BCUT2D eigenvalue weighted by Gasteiger charge is 2.11. The lowest BCUT2D eigenvalue weighted by atomic mass is 10.1. The van der Waals surface area contributed by atoms with Gasteiger partial charge in [-0.05, 0) is 30.2 Å². The summed E-state index contributed by atoms with van der Waals surface area (Å²) in [5, 5.41) is 0. The van der Waals surface area contributed by atoms with Gasteiger partial charge in [0.05, 0.1) is 17.6 Å². The molecule has 3 nitrogen and oxygen atoms in total. The van der Waals surface area contributed by atoms with Gasteiger partial charge < -0.3 is 9.30 Å². The van der Waals surface area contributed by atoms with Gasteiger partial charge in [0.1, 0.15) is 18.2 Å². The van der Waals surface area contributed by atoms with Crippen LogP contribution in [-0.2, 0) is 13.0 Å². The fraction of sp³-hybridized carbons (Fsp3) is 0.316. The third kappa shape index (κ3) is 3.30. The molecule has 1 heterocycles. The number of rotatable bonds is 6. The summed E-state index contributed by atoms with van der Waals surface area (Å²) in [5.41, 5.74) is 2.26. The number of ether oxygens (including phenoxy) is 1. The van der Waals surface area contributed by atoms with Crippen molar-refractivity contribution in [3.63, 3.8) is 0 Å². The van der Waals surface area contributed by atoms with E-state index in [2.05, 4.69) is 36.6 Å². The molecule has 0 fully saturated rings. The molecule has 0 saturated carbocycles. The van der Waals surface area contributed by atoms with E-state index in [0.29, 0.717) is 12.5 Å². The van der Waals surface area contributed by atoms with Crippen LogP contribution in [0.15, 0.2) is 54.6 Å². The van der Waals surface area contributed by atoms with Crippen molar-refractivity contribution >= 4 is 11.0 Å². The van der Waals surface area contributed by atoms with Crippen molar-refractivity contribution < 1.29 is 4.74 Å². The number of para-hydroxylation sites is 3. The van der Waals surface area contributed by atoms with Crippen LogP contribution in [0.2, 0.25) is 0 Å². The van der Waals surface area contributed by atoms with Crippen molar-refractivity contribution in [1.82, 2.24) is 9.55 Å². The van der Waals surface area contributed by atoms with Crippen LogP contribution in [-0.4, -0.2) is 16.2 Å². The highest BCUT2D eigenvalue weighted by molar-refractivity contribution is 5.75. The minimum atomic E-state index is 0.589. The molecule has 114 valence electrons. The highest BCUT2D eigenvalue weighted by atomic mass is 16.5. The van der Waals surface area contributed by atoms with E-state index in [-0.39, 0.29) is 0 Å². The lowest BCUT2D eigenvalue weighted by Gasteiger charge is -2.12. The van der Waals surface area contributed by atoms with Crippen molar-refractivity contribution in [3.8, 4) is 5.75 Å². The Morgan fingerprint density at radius 2 is 1.73 bits per heavy atom. The van der Waals surface area contributed by atoms with Crippen molar-refractivity contribution in [3.05, 3.63) is 60.4 Å². The van der Waals surface area contributed by atoms with Gasteiger partial charge in [0.2, 0.25) is 0 Å². The molecule has 0 N–H and O–H groups in total. The minimum absolute atomic E-state index is 0.589. The number of fused-ring (bicyclic) bond motifs is 1. The van der Waals surface area contributed by atoms with Crippen LogP contribution in [0.3, 0.4) is 0 Å². The van der Waals surface area contributed by atoms with Crippen LogP contribution in [0.4, 0.5) is 0 Å². The van der Waals surface area contributed by atoms with E-state index in [4.69, 9.17) is 9.72 Å².